The quantitative estimate of drug-likeness (QED) is 0.339. The summed E-state index contributed by atoms with van der Waals surface area (Å²) >= 11 is 11.3. The number of rotatable bonds is 7. The minimum atomic E-state index is -1.25. The van der Waals surface area contributed by atoms with E-state index in [1.807, 2.05) is 4.90 Å². The van der Waals surface area contributed by atoms with Crippen LogP contribution in [0.5, 0.6) is 5.75 Å². The summed E-state index contributed by atoms with van der Waals surface area (Å²) in [5.41, 5.74) is 0.303. The normalized spacial score (nSPS) is 14.3. The highest BCUT2D eigenvalue weighted by Gasteiger charge is 2.23. The van der Waals surface area contributed by atoms with Gasteiger partial charge >= 0.3 is 5.97 Å². The number of amides is 1. The first-order chi connectivity index (χ1) is 15.7. The average molecular weight is 494 g/mol. The molecule has 0 radical (unpaired) electrons. The topological polar surface area (TPSA) is 131 Å². The van der Waals surface area contributed by atoms with Crippen molar-refractivity contribution in [2.45, 2.75) is 12.5 Å². The van der Waals surface area contributed by atoms with E-state index in [-0.39, 0.29) is 22.7 Å². The molecule has 0 aromatic heterocycles. The number of hydrogen-bond acceptors (Lipinski definition) is 7. The Bertz CT molecular complexity index is 1060. The number of morpholine rings is 1. The number of ether oxygens (including phenoxy) is 2. The van der Waals surface area contributed by atoms with Crippen LogP contribution in [0.25, 0.3) is 0 Å². The molecule has 1 aliphatic heterocycles. The molecule has 1 heterocycles. The largest absolute Gasteiger partial charge is 0.480 e. The number of nitro groups is 1. The highest BCUT2D eigenvalue weighted by atomic mass is 35.5. The molecular weight excluding hydrogens is 474 g/mol. The number of aliphatic carboxylic acids is 1. The maximum absolute atomic E-state index is 12.5. The number of nitro benzene ring substituents is 1. The van der Waals surface area contributed by atoms with Crippen molar-refractivity contribution in [1.82, 2.24) is 10.2 Å². The maximum atomic E-state index is 12.5. The lowest BCUT2D eigenvalue weighted by atomic mass is 10.1. The fourth-order valence-electron chi connectivity index (χ4n) is 3.08. The van der Waals surface area contributed by atoms with Gasteiger partial charge in [0.15, 0.2) is 0 Å². The van der Waals surface area contributed by atoms with Crippen LogP contribution in [0.1, 0.15) is 15.9 Å². The number of carboxylic acid groups (broad SMARTS) is 1. The van der Waals surface area contributed by atoms with Crippen molar-refractivity contribution in [3.05, 3.63) is 68.7 Å². The van der Waals surface area contributed by atoms with E-state index in [0.29, 0.717) is 42.8 Å². The summed E-state index contributed by atoms with van der Waals surface area (Å²) in [5, 5.41) is 22.9. The number of hydrogen-bond donors (Lipinski definition) is 2. The molecule has 0 bridgehead atoms. The number of carbonyl (C=O) groups is 2. The fourth-order valence-corrected chi connectivity index (χ4v) is 3.62. The summed E-state index contributed by atoms with van der Waals surface area (Å²) in [6.45, 7) is 2.46. The van der Waals surface area contributed by atoms with Crippen molar-refractivity contribution < 1.29 is 29.1 Å². The van der Waals surface area contributed by atoms with E-state index in [1.54, 1.807) is 24.3 Å². The third kappa shape index (κ3) is 6.60. The molecule has 0 aliphatic carbocycles. The number of halogens is 1. The zero-order valence-corrected chi connectivity index (χ0v) is 18.8. The maximum Gasteiger partial charge on any atom is 0.326 e. The Kier molecular flexibility index (Phi) is 8.15. The monoisotopic (exact) mass is 493 g/mol. The van der Waals surface area contributed by atoms with Crippen LogP contribution >= 0.6 is 23.8 Å². The highest BCUT2D eigenvalue weighted by Crippen LogP contribution is 2.23. The minimum absolute atomic E-state index is 0.000135. The van der Waals surface area contributed by atoms with Crippen molar-refractivity contribution in [3.63, 3.8) is 0 Å². The molecule has 1 amide bonds. The SMILES string of the molecule is O=C(N[C@@H](Cc1ccc(OC(=S)N2CCOCC2)cc1)C(=O)O)c1ccc([N+](=O)[O-])cc1Cl. The number of thiocarbonyl (C=S) groups is 1. The molecule has 33 heavy (non-hydrogen) atoms. The Morgan fingerprint density at radius 1 is 1.24 bits per heavy atom. The van der Waals surface area contributed by atoms with E-state index >= 15 is 0 Å². The summed E-state index contributed by atoms with van der Waals surface area (Å²) in [7, 11) is 0. The first kappa shape index (κ1) is 24.4. The van der Waals surface area contributed by atoms with Crippen molar-refractivity contribution in [2.24, 2.45) is 0 Å². The van der Waals surface area contributed by atoms with Crippen LogP contribution < -0.4 is 10.1 Å². The zero-order valence-electron chi connectivity index (χ0n) is 17.2. The van der Waals surface area contributed by atoms with Crippen LogP contribution in [0.15, 0.2) is 42.5 Å². The van der Waals surface area contributed by atoms with Crippen LogP contribution in [-0.4, -0.2) is 64.3 Å². The first-order valence-corrected chi connectivity index (χ1v) is 10.6. The van der Waals surface area contributed by atoms with Crippen LogP contribution in [0.2, 0.25) is 5.02 Å². The van der Waals surface area contributed by atoms with E-state index in [9.17, 15) is 24.8 Å². The third-order valence-corrected chi connectivity index (χ3v) is 5.50. The van der Waals surface area contributed by atoms with E-state index in [4.69, 9.17) is 33.3 Å². The van der Waals surface area contributed by atoms with Gasteiger partial charge in [0.05, 0.1) is 28.7 Å². The predicted octanol–water partition coefficient (Wildman–Crippen LogP) is 2.67. The Morgan fingerprint density at radius 2 is 1.91 bits per heavy atom. The molecule has 2 aromatic carbocycles. The smallest absolute Gasteiger partial charge is 0.326 e. The van der Waals surface area contributed by atoms with Crippen LogP contribution in [0.4, 0.5) is 5.69 Å². The lowest BCUT2D eigenvalue weighted by molar-refractivity contribution is -0.384. The van der Waals surface area contributed by atoms with Gasteiger partial charge in [-0.15, -0.1) is 0 Å². The van der Waals surface area contributed by atoms with Crippen molar-refractivity contribution >= 4 is 46.6 Å². The van der Waals surface area contributed by atoms with Gasteiger partial charge in [-0.2, -0.15) is 0 Å². The van der Waals surface area contributed by atoms with Gasteiger partial charge in [-0.3, -0.25) is 14.9 Å². The van der Waals surface area contributed by atoms with Crippen LogP contribution in [0, 0.1) is 10.1 Å². The van der Waals surface area contributed by atoms with Gasteiger partial charge in [0, 0.05) is 31.6 Å². The Hall–Kier alpha value is -3.28. The van der Waals surface area contributed by atoms with Gasteiger partial charge in [0.2, 0.25) is 0 Å². The summed E-state index contributed by atoms with van der Waals surface area (Å²) in [6, 6.07) is 8.77. The standard InChI is InChI=1S/C21H20ClN3O7S/c22-17-12-14(25(29)30)3-6-16(17)19(26)23-18(20(27)28)11-13-1-4-15(5-2-13)32-21(33)24-7-9-31-10-8-24/h1-6,12,18H,7-11H2,(H,23,26)(H,27,28)/t18-/m0/s1. The minimum Gasteiger partial charge on any atom is -0.480 e. The van der Waals surface area contributed by atoms with Crippen LogP contribution in [0.3, 0.4) is 0 Å². The van der Waals surface area contributed by atoms with E-state index in [0.717, 1.165) is 12.1 Å². The number of benzene rings is 2. The fraction of sp³-hybridized carbons (Fsp3) is 0.286. The van der Waals surface area contributed by atoms with Gasteiger partial charge in [0.1, 0.15) is 11.8 Å². The van der Waals surface area contributed by atoms with E-state index < -0.39 is 22.8 Å². The molecule has 1 fully saturated rings. The van der Waals surface area contributed by atoms with Crippen molar-refractivity contribution in [1.29, 1.82) is 0 Å². The summed E-state index contributed by atoms with van der Waals surface area (Å²) in [6.07, 6.45) is -0.000135. The molecular formula is C21H20ClN3O7S. The van der Waals surface area contributed by atoms with E-state index in [1.165, 1.54) is 6.07 Å². The molecule has 0 saturated carbocycles. The van der Waals surface area contributed by atoms with Crippen molar-refractivity contribution in [2.75, 3.05) is 26.3 Å². The summed E-state index contributed by atoms with van der Waals surface area (Å²) in [4.78, 5) is 36.3. The van der Waals surface area contributed by atoms with Gasteiger partial charge in [-0.05, 0) is 36.0 Å². The van der Waals surface area contributed by atoms with Gasteiger partial charge in [-0.1, -0.05) is 23.7 Å². The third-order valence-electron chi connectivity index (χ3n) is 4.85. The molecule has 2 aromatic rings. The molecule has 3 rings (SSSR count). The van der Waals surface area contributed by atoms with E-state index in [2.05, 4.69) is 5.32 Å². The number of nitrogens with zero attached hydrogens (tertiary/aromatic N) is 2. The Labute approximate surface area is 199 Å². The molecule has 2 N–H and O–H groups in total. The van der Waals surface area contributed by atoms with Crippen LogP contribution in [-0.2, 0) is 16.0 Å². The van der Waals surface area contributed by atoms with Crippen molar-refractivity contribution in [3.8, 4) is 5.75 Å². The molecule has 1 atom stereocenters. The zero-order chi connectivity index (χ0) is 24.0. The number of carboxylic acids is 1. The second-order valence-corrected chi connectivity index (χ2v) is 7.86. The van der Waals surface area contributed by atoms with Gasteiger partial charge < -0.3 is 24.8 Å². The highest BCUT2D eigenvalue weighted by molar-refractivity contribution is 7.80. The summed E-state index contributed by atoms with van der Waals surface area (Å²) < 4.78 is 11.0. The predicted molar refractivity (Wildman–Crippen MR) is 123 cm³/mol. The molecule has 1 aliphatic rings. The Morgan fingerprint density at radius 3 is 2.48 bits per heavy atom. The second-order valence-electron chi connectivity index (χ2n) is 7.10. The molecule has 0 spiro atoms. The van der Waals surface area contributed by atoms with Gasteiger partial charge in [-0.25, -0.2) is 4.79 Å². The summed E-state index contributed by atoms with van der Waals surface area (Å²) in [5.74, 6) is -1.49. The Balaban J connectivity index is 1.62. The number of carbonyl (C=O) groups excluding carboxylic acids is 1. The molecule has 1 saturated heterocycles. The number of nitrogens with one attached hydrogen (secondary N) is 1. The first-order valence-electron chi connectivity index (χ1n) is 9.85. The molecule has 0 unspecified atom stereocenters. The lowest BCUT2D eigenvalue weighted by Gasteiger charge is -2.28. The molecule has 174 valence electrons. The number of non-ortho nitro benzene ring substituents is 1. The molecule has 10 nitrogen and oxygen atoms in total. The average Bonchev–Trinajstić information content (AvgIpc) is 2.80. The van der Waals surface area contributed by atoms with Gasteiger partial charge in [0.25, 0.3) is 16.8 Å². The molecule has 12 heteroatoms. The lowest BCUT2D eigenvalue weighted by Crippen LogP contribution is -2.42. The second kappa shape index (κ2) is 11.0.